The van der Waals surface area contributed by atoms with E-state index in [2.05, 4.69) is 9.97 Å². The van der Waals surface area contributed by atoms with E-state index in [9.17, 15) is 18.0 Å². The Bertz CT molecular complexity index is 812. The van der Waals surface area contributed by atoms with Crippen LogP contribution in [0, 0.1) is 13.8 Å². The van der Waals surface area contributed by atoms with E-state index in [1.807, 2.05) is 13.0 Å². The minimum atomic E-state index is -4.46. The van der Waals surface area contributed by atoms with E-state index in [1.165, 1.54) is 6.07 Å². The Labute approximate surface area is 150 Å². The van der Waals surface area contributed by atoms with Crippen LogP contribution in [0.5, 0.6) is 0 Å². The largest absolute Gasteiger partial charge is 0.416 e. The van der Waals surface area contributed by atoms with E-state index in [4.69, 9.17) is 0 Å². The zero-order valence-corrected chi connectivity index (χ0v) is 14.7. The summed E-state index contributed by atoms with van der Waals surface area (Å²) in [6.07, 6.45) is -1.26. The van der Waals surface area contributed by atoms with Crippen LogP contribution in [-0.2, 0) is 6.18 Å². The minimum absolute atomic E-state index is 0.121. The maximum absolute atomic E-state index is 12.9. The monoisotopic (exact) mass is 363 g/mol. The van der Waals surface area contributed by atoms with E-state index in [0.717, 1.165) is 30.7 Å². The summed E-state index contributed by atoms with van der Waals surface area (Å²) in [6.45, 7) is 4.49. The third-order valence-electron chi connectivity index (χ3n) is 4.79. The average molecular weight is 363 g/mol. The summed E-state index contributed by atoms with van der Waals surface area (Å²) in [7, 11) is 0. The summed E-state index contributed by atoms with van der Waals surface area (Å²) >= 11 is 0. The van der Waals surface area contributed by atoms with Crippen LogP contribution in [0.25, 0.3) is 0 Å². The van der Waals surface area contributed by atoms with E-state index in [0.29, 0.717) is 24.5 Å². The third-order valence-corrected chi connectivity index (χ3v) is 4.79. The molecule has 4 nitrogen and oxygen atoms in total. The van der Waals surface area contributed by atoms with Crippen molar-refractivity contribution < 1.29 is 18.0 Å². The van der Waals surface area contributed by atoms with Gasteiger partial charge in [-0.1, -0.05) is 6.07 Å². The summed E-state index contributed by atoms with van der Waals surface area (Å²) in [5.74, 6) is 0.606. The third kappa shape index (κ3) is 3.86. The van der Waals surface area contributed by atoms with Gasteiger partial charge in [-0.05, 0) is 50.5 Å². The molecule has 0 radical (unpaired) electrons. The lowest BCUT2D eigenvalue weighted by atomic mass is 9.92. The molecule has 1 amide bonds. The quantitative estimate of drug-likeness (QED) is 0.806. The first kappa shape index (κ1) is 18.4. The van der Waals surface area contributed by atoms with Gasteiger partial charge >= 0.3 is 6.18 Å². The lowest BCUT2D eigenvalue weighted by Crippen LogP contribution is -2.38. The number of aromatic nitrogens is 2. The van der Waals surface area contributed by atoms with E-state index >= 15 is 0 Å². The van der Waals surface area contributed by atoms with Gasteiger partial charge in [-0.3, -0.25) is 4.79 Å². The number of carbonyl (C=O) groups excluding carboxylic acids is 1. The van der Waals surface area contributed by atoms with Crippen molar-refractivity contribution in [3.63, 3.8) is 0 Å². The van der Waals surface area contributed by atoms with Gasteiger partial charge in [0.1, 0.15) is 5.82 Å². The topological polar surface area (TPSA) is 46.1 Å². The fourth-order valence-corrected chi connectivity index (χ4v) is 3.28. The summed E-state index contributed by atoms with van der Waals surface area (Å²) in [4.78, 5) is 22.9. The van der Waals surface area contributed by atoms with Gasteiger partial charge in [-0.25, -0.2) is 9.97 Å². The van der Waals surface area contributed by atoms with Crippen molar-refractivity contribution in [3.8, 4) is 0 Å². The summed E-state index contributed by atoms with van der Waals surface area (Å²) in [5, 5.41) is 0. The molecular formula is C19H20F3N3O. The fraction of sp³-hybridized carbons (Fsp3) is 0.421. The van der Waals surface area contributed by atoms with Gasteiger partial charge in [0.2, 0.25) is 0 Å². The molecule has 138 valence electrons. The van der Waals surface area contributed by atoms with Gasteiger partial charge in [0.15, 0.2) is 0 Å². The zero-order valence-electron chi connectivity index (χ0n) is 14.7. The fourth-order valence-electron chi connectivity index (χ4n) is 3.28. The lowest BCUT2D eigenvalue weighted by molar-refractivity contribution is -0.137. The van der Waals surface area contributed by atoms with Crippen molar-refractivity contribution in [3.05, 3.63) is 58.7 Å². The van der Waals surface area contributed by atoms with Crippen molar-refractivity contribution in [2.75, 3.05) is 13.1 Å². The molecule has 26 heavy (non-hydrogen) atoms. The Kier molecular flexibility index (Phi) is 4.98. The van der Waals surface area contributed by atoms with Gasteiger partial charge in [0, 0.05) is 36.5 Å². The molecule has 1 aliphatic rings. The maximum atomic E-state index is 12.9. The molecule has 0 atom stereocenters. The van der Waals surface area contributed by atoms with Crippen LogP contribution in [0.3, 0.4) is 0 Å². The number of rotatable bonds is 2. The number of carbonyl (C=O) groups is 1. The Morgan fingerprint density at radius 1 is 1.15 bits per heavy atom. The molecule has 2 aromatic rings. The van der Waals surface area contributed by atoms with Gasteiger partial charge in [-0.2, -0.15) is 13.2 Å². The van der Waals surface area contributed by atoms with Gasteiger partial charge in [0.05, 0.1) is 5.56 Å². The second-order valence-corrected chi connectivity index (χ2v) is 6.62. The number of hydrogen-bond acceptors (Lipinski definition) is 3. The molecule has 1 aromatic heterocycles. The molecule has 0 N–H and O–H groups in total. The second kappa shape index (κ2) is 7.05. The number of amides is 1. The van der Waals surface area contributed by atoms with Crippen LogP contribution in [0.1, 0.15) is 51.8 Å². The number of hydrogen-bond donors (Lipinski definition) is 0. The predicted molar refractivity (Wildman–Crippen MR) is 90.8 cm³/mol. The highest BCUT2D eigenvalue weighted by Crippen LogP contribution is 2.32. The average Bonchev–Trinajstić information content (AvgIpc) is 2.61. The van der Waals surface area contributed by atoms with Gasteiger partial charge in [-0.15, -0.1) is 0 Å². The first-order valence-corrected chi connectivity index (χ1v) is 8.52. The molecule has 1 saturated heterocycles. The van der Waals surface area contributed by atoms with Crippen LogP contribution >= 0.6 is 0 Å². The second-order valence-electron chi connectivity index (χ2n) is 6.62. The minimum Gasteiger partial charge on any atom is -0.339 e. The molecule has 1 aliphatic heterocycles. The molecule has 1 fully saturated rings. The van der Waals surface area contributed by atoms with Gasteiger partial charge < -0.3 is 4.90 Å². The van der Waals surface area contributed by atoms with Crippen LogP contribution < -0.4 is 0 Å². The number of benzene rings is 1. The maximum Gasteiger partial charge on any atom is 0.416 e. The summed E-state index contributed by atoms with van der Waals surface area (Å²) in [5.41, 5.74) is 0.838. The van der Waals surface area contributed by atoms with Crippen LogP contribution in [0.15, 0.2) is 30.5 Å². The Balaban J connectivity index is 1.73. The zero-order chi connectivity index (χ0) is 18.9. The van der Waals surface area contributed by atoms with Crippen molar-refractivity contribution in [2.24, 2.45) is 0 Å². The van der Waals surface area contributed by atoms with Crippen LogP contribution in [0.4, 0.5) is 13.2 Å². The first-order valence-electron chi connectivity index (χ1n) is 8.52. The highest BCUT2D eigenvalue weighted by molar-refractivity contribution is 5.96. The van der Waals surface area contributed by atoms with E-state index < -0.39 is 11.7 Å². The Morgan fingerprint density at radius 2 is 1.85 bits per heavy atom. The highest BCUT2D eigenvalue weighted by Gasteiger charge is 2.32. The van der Waals surface area contributed by atoms with Crippen molar-refractivity contribution in [1.29, 1.82) is 0 Å². The number of halogens is 3. The number of piperidine rings is 1. The number of likely N-dealkylation sites (tertiary alicyclic amines) is 1. The van der Waals surface area contributed by atoms with E-state index in [-0.39, 0.29) is 17.4 Å². The first-order chi connectivity index (χ1) is 12.3. The predicted octanol–water partition coefficient (Wildman–Crippen LogP) is 4.13. The molecule has 7 heteroatoms. The Morgan fingerprint density at radius 3 is 2.46 bits per heavy atom. The molecule has 2 heterocycles. The number of aryl methyl sites for hydroxylation is 2. The number of alkyl halides is 3. The lowest BCUT2D eigenvalue weighted by Gasteiger charge is -2.32. The standard InChI is InChI=1S/C19H20F3N3O/c1-12-3-4-15(19(20,21)22)11-16(12)18(26)25-9-6-14(7-10-25)17-5-8-23-13(2)24-17/h3-5,8,11,14H,6-7,9-10H2,1-2H3. The van der Waals surface area contributed by atoms with Crippen molar-refractivity contribution >= 4 is 5.91 Å². The molecule has 1 aromatic carbocycles. The molecule has 0 unspecified atom stereocenters. The number of nitrogens with zero attached hydrogens (tertiary/aromatic N) is 3. The molecular weight excluding hydrogens is 343 g/mol. The molecule has 0 bridgehead atoms. The van der Waals surface area contributed by atoms with Gasteiger partial charge in [0.25, 0.3) is 5.91 Å². The summed E-state index contributed by atoms with van der Waals surface area (Å²) < 4.78 is 38.8. The van der Waals surface area contributed by atoms with Crippen LogP contribution in [0.2, 0.25) is 0 Å². The SMILES string of the molecule is Cc1nccc(C2CCN(C(=O)c3cc(C(F)(F)F)ccc3C)CC2)n1. The molecule has 0 spiro atoms. The molecule has 0 saturated carbocycles. The van der Waals surface area contributed by atoms with E-state index in [1.54, 1.807) is 18.0 Å². The van der Waals surface area contributed by atoms with Crippen LogP contribution in [-0.4, -0.2) is 33.9 Å². The summed E-state index contributed by atoms with van der Waals surface area (Å²) in [6, 6.07) is 5.20. The molecule has 3 rings (SSSR count). The van der Waals surface area contributed by atoms with Crippen molar-refractivity contribution in [1.82, 2.24) is 14.9 Å². The normalized spacial score (nSPS) is 16.0. The molecule has 0 aliphatic carbocycles. The highest BCUT2D eigenvalue weighted by atomic mass is 19.4. The van der Waals surface area contributed by atoms with Crippen molar-refractivity contribution in [2.45, 2.75) is 38.8 Å². The smallest absolute Gasteiger partial charge is 0.339 e. The Hall–Kier alpha value is -2.44.